The summed E-state index contributed by atoms with van der Waals surface area (Å²) in [6, 6.07) is 9.87. The molecule has 0 aromatic heterocycles. The summed E-state index contributed by atoms with van der Waals surface area (Å²) in [5, 5.41) is 1.45. The number of hydrogen-bond donors (Lipinski definition) is 0. The van der Waals surface area contributed by atoms with Gasteiger partial charge in [0.05, 0.1) is 13.7 Å². The van der Waals surface area contributed by atoms with E-state index in [1.54, 1.807) is 7.11 Å². The fraction of sp³-hybridized carbons (Fsp3) is 0.417. The molecule has 0 saturated heterocycles. The van der Waals surface area contributed by atoms with Gasteiger partial charge in [0, 0.05) is 5.92 Å². The highest BCUT2D eigenvalue weighted by molar-refractivity contribution is 5.80. The molecule has 80 valence electrons. The maximum atomic E-state index is 11.7. The van der Waals surface area contributed by atoms with Gasteiger partial charge < -0.3 is 0 Å². The van der Waals surface area contributed by atoms with Gasteiger partial charge in [-0.3, -0.25) is 9.63 Å². The number of benzene rings is 1. The fourth-order valence-electron chi connectivity index (χ4n) is 1.52. The first kappa shape index (κ1) is 10.2. The average Bonchev–Trinajstić information content (AvgIpc) is 3.10. The Morgan fingerprint density at radius 2 is 2.07 bits per heavy atom. The van der Waals surface area contributed by atoms with Crippen molar-refractivity contribution in [1.29, 1.82) is 0 Å². The van der Waals surface area contributed by atoms with E-state index in [0.29, 0.717) is 6.54 Å². The maximum absolute atomic E-state index is 11.7. The molecule has 0 radical (unpaired) electrons. The molecular formula is C12H15NO2. The molecule has 0 spiro atoms. The van der Waals surface area contributed by atoms with Crippen LogP contribution < -0.4 is 0 Å². The highest BCUT2D eigenvalue weighted by atomic mass is 16.7. The molecule has 15 heavy (non-hydrogen) atoms. The number of nitrogens with zero attached hydrogens (tertiary/aromatic N) is 1. The van der Waals surface area contributed by atoms with Crippen molar-refractivity contribution in [2.24, 2.45) is 5.92 Å². The van der Waals surface area contributed by atoms with Crippen molar-refractivity contribution >= 4 is 5.91 Å². The maximum Gasteiger partial charge on any atom is 0.249 e. The van der Waals surface area contributed by atoms with Crippen LogP contribution >= 0.6 is 0 Å². The van der Waals surface area contributed by atoms with Gasteiger partial charge in [0.1, 0.15) is 0 Å². The second-order valence-corrected chi connectivity index (χ2v) is 3.82. The van der Waals surface area contributed by atoms with Crippen LogP contribution in [0.2, 0.25) is 0 Å². The summed E-state index contributed by atoms with van der Waals surface area (Å²) in [7, 11) is 1.54. The number of amides is 1. The average molecular weight is 205 g/mol. The molecule has 1 aliphatic carbocycles. The van der Waals surface area contributed by atoms with Crippen LogP contribution in [0.1, 0.15) is 18.4 Å². The van der Waals surface area contributed by atoms with Gasteiger partial charge in [0.15, 0.2) is 0 Å². The molecule has 1 saturated carbocycles. The van der Waals surface area contributed by atoms with Crippen molar-refractivity contribution in [2.75, 3.05) is 7.11 Å². The van der Waals surface area contributed by atoms with Gasteiger partial charge >= 0.3 is 0 Å². The first-order valence-electron chi connectivity index (χ1n) is 5.20. The fourth-order valence-corrected chi connectivity index (χ4v) is 1.52. The topological polar surface area (TPSA) is 29.5 Å². The lowest BCUT2D eigenvalue weighted by Gasteiger charge is -2.19. The standard InChI is InChI=1S/C12H15NO2/c1-15-13(12(14)11-7-8-11)9-10-5-3-2-4-6-10/h2-6,11H,7-9H2,1H3. The molecule has 3 heteroatoms. The molecule has 1 aromatic rings. The molecule has 1 aromatic carbocycles. The Bertz CT molecular complexity index is 333. The van der Waals surface area contributed by atoms with Crippen molar-refractivity contribution < 1.29 is 9.63 Å². The first-order chi connectivity index (χ1) is 7.31. The molecule has 1 amide bonds. The predicted molar refractivity (Wildman–Crippen MR) is 56.7 cm³/mol. The zero-order valence-corrected chi connectivity index (χ0v) is 8.85. The molecule has 0 bridgehead atoms. The Labute approximate surface area is 89.6 Å². The molecular weight excluding hydrogens is 190 g/mol. The van der Waals surface area contributed by atoms with Crippen molar-refractivity contribution in [3.8, 4) is 0 Å². The Hall–Kier alpha value is -1.35. The highest BCUT2D eigenvalue weighted by Gasteiger charge is 2.33. The number of hydroxylamine groups is 2. The number of carbonyl (C=O) groups is 1. The van der Waals surface area contributed by atoms with E-state index in [1.165, 1.54) is 5.06 Å². The molecule has 0 heterocycles. The lowest BCUT2D eigenvalue weighted by atomic mass is 10.2. The number of hydrogen-bond acceptors (Lipinski definition) is 2. The lowest BCUT2D eigenvalue weighted by molar-refractivity contribution is -0.180. The van der Waals surface area contributed by atoms with Crippen LogP contribution in [0.25, 0.3) is 0 Å². The van der Waals surface area contributed by atoms with Crippen LogP contribution in [-0.4, -0.2) is 18.1 Å². The third-order valence-electron chi connectivity index (χ3n) is 2.56. The summed E-state index contributed by atoms with van der Waals surface area (Å²) in [5.74, 6) is 0.315. The third-order valence-corrected chi connectivity index (χ3v) is 2.56. The van der Waals surface area contributed by atoms with Crippen LogP contribution in [0.5, 0.6) is 0 Å². The first-order valence-corrected chi connectivity index (χ1v) is 5.20. The van der Waals surface area contributed by atoms with E-state index in [2.05, 4.69) is 0 Å². The van der Waals surface area contributed by atoms with Crippen molar-refractivity contribution in [1.82, 2.24) is 5.06 Å². The van der Waals surface area contributed by atoms with Gasteiger partial charge in [-0.25, -0.2) is 5.06 Å². The minimum absolute atomic E-state index is 0.112. The minimum atomic E-state index is 0.112. The van der Waals surface area contributed by atoms with Gasteiger partial charge in [-0.05, 0) is 18.4 Å². The second kappa shape index (κ2) is 4.45. The van der Waals surface area contributed by atoms with Crippen LogP contribution in [0, 0.1) is 5.92 Å². The van der Waals surface area contributed by atoms with E-state index in [-0.39, 0.29) is 11.8 Å². The molecule has 0 atom stereocenters. The van der Waals surface area contributed by atoms with Crippen LogP contribution in [0.3, 0.4) is 0 Å². The Morgan fingerprint density at radius 1 is 1.40 bits per heavy atom. The minimum Gasteiger partial charge on any atom is -0.274 e. The van der Waals surface area contributed by atoms with Gasteiger partial charge in [-0.1, -0.05) is 30.3 Å². The lowest BCUT2D eigenvalue weighted by Crippen LogP contribution is -2.30. The van der Waals surface area contributed by atoms with E-state index in [9.17, 15) is 4.79 Å². The van der Waals surface area contributed by atoms with E-state index in [1.807, 2.05) is 30.3 Å². The second-order valence-electron chi connectivity index (χ2n) is 3.82. The monoisotopic (exact) mass is 205 g/mol. The summed E-state index contributed by atoms with van der Waals surface area (Å²) >= 11 is 0. The summed E-state index contributed by atoms with van der Waals surface area (Å²) in [6.07, 6.45) is 2.01. The summed E-state index contributed by atoms with van der Waals surface area (Å²) < 4.78 is 0. The number of carbonyl (C=O) groups excluding carboxylic acids is 1. The third kappa shape index (κ3) is 2.57. The SMILES string of the molecule is CON(Cc1ccccc1)C(=O)C1CC1. The normalized spacial score (nSPS) is 15.0. The summed E-state index contributed by atoms with van der Waals surface area (Å²) in [6.45, 7) is 0.534. The van der Waals surface area contributed by atoms with Crippen LogP contribution in [-0.2, 0) is 16.2 Å². The molecule has 1 aliphatic rings. The Morgan fingerprint density at radius 3 is 2.60 bits per heavy atom. The molecule has 3 nitrogen and oxygen atoms in total. The van der Waals surface area contributed by atoms with Gasteiger partial charge in [-0.15, -0.1) is 0 Å². The quantitative estimate of drug-likeness (QED) is 0.703. The molecule has 2 rings (SSSR count). The van der Waals surface area contributed by atoms with Gasteiger partial charge in [0.25, 0.3) is 0 Å². The highest BCUT2D eigenvalue weighted by Crippen LogP contribution is 2.31. The van der Waals surface area contributed by atoms with E-state index >= 15 is 0 Å². The van der Waals surface area contributed by atoms with Crippen LogP contribution in [0.4, 0.5) is 0 Å². The van der Waals surface area contributed by atoms with Gasteiger partial charge in [0.2, 0.25) is 5.91 Å². The van der Waals surface area contributed by atoms with E-state index < -0.39 is 0 Å². The largest absolute Gasteiger partial charge is 0.274 e. The molecule has 1 fully saturated rings. The van der Waals surface area contributed by atoms with Crippen molar-refractivity contribution in [2.45, 2.75) is 19.4 Å². The summed E-state index contributed by atoms with van der Waals surface area (Å²) in [5.41, 5.74) is 1.09. The van der Waals surface area contributed by atoms with E-state index in [4.69, 9.17) is 4.84 Å². The van der Waals surface area contributed by atoms with Gasteiger partial charge in [-0.2, -0.15) is 0 Å². The smallest absolute Gasteiger partial charge is 0.249 e. The number of rotatable bonds is 4. The molecule has 0 aliphatic heterocycles. The predicted octanol–water partition coefficient (Wildman–Crippen LogP) is 1.99. The molecule has 0 unspecified atom stereocenters. The van der Waals surface area contributed by atoms with Crippen molar-refractivity contribution in [3.05, 3.63) is 35.9 Å². The zero-order chi connectivity index (χ0) is 10.7. The Balaban J connectivity index is 1.98. The molecule has 0 N–H and O–H groups in total. The zero-order valence-electron chi connectivity index (χ0n) is 8.85. The van der Waals surface area contributed by atoms with Crippen molar-refractivity contribution in [3.63, 3.8) is 0 Å². The Kier molecular flexibility index (Phi) is 3.02. The van der Waals surface area contributed by atoms with E-state index in [0.717, 1.165) is 18.4 Å². The summed E-state index contributed by atoms with van der Waals surface area (Å²) in [4.78, 5) is 16.8. The van der Waals surface area contributed by atoms with Crippen LogP contribution in [0.15, 0.2) is 30.3 Å².